The molecule has 31 heavy (non-hydrogen) atoms. The molecule has 166 valence electrons. The van der Waals surface area contributed by atoms with Gasteiger partial charge in [0.2, 0.25) is 15.9 Å². The number of amides is 1. The van der Waals surface area contributed by atoms with Gasteiger partial charge in [-0.05, 0) is 31.2 Å². The number of fused-ring (bicyclic) bond motifs is 1. The first-order chi connectivity index (χ1) is 14.3. The van der Waals surface area contributed by atoms with Crippen LogP contribution >= 0.6 is 22.9 Å². The Morgan fingerprint density at radius 3 is 2.52 bits per heavy atom. The van der Waals surface area contributed by atoms with Gasteiger partial charge in [0.15, 0.2) is 0 Å². The van der Waals surface area contributed by atoms with Crippen molar-refractivity contribution in [1.29, 1.82) is 0 Å². The molecule has 1 N–H and O–H groups in total. The molecule has 0 aliphatic heterocycles. The van der Waals surface area contributed by atoms with E-state index >= 15 is 0 Å². The maximum atomic E-state index is 13.4. The predicted octanol–water partition coefficient (Wildman–Crippen LogP) is 5.35. The van der Waals surface area contributed by atoms with Gasteiger partial charge in [0.1, 0.15) is 17.6 Å². The number of aromatic nitrogens is 3. The molecule has 14 heteroatoms. The van der Waals surface area contributed by atoms with Crippen LogP contribution in [-0.4, -0.2) is 32.7 Å². The largest absolute Gasteiger partial charge is 0.445 e. The number of carbonyl (C=O) groups excluding carboxylic acids is 1. The normalized spacial score (nSPS) is 13.8. The van der Waals surface area contributed by atoms with Gasteiger partial charge in [-0.3, -0.25) is 4.79 Å². The smallest absolute Gasteiger partial charge is 0.341 e. The number of nitrogens with zero attached hydrogens (tertiary/aromatic N) is 3. The molecular weight excluding hydrogens is 477 g/mol. The molecule has 0 saturated carbocycles. The Balaban J connectivity index is 2.07. The van der Waals surface area contributed by atoms with Crippen molar-refractivity contribution < 1.29 is 35.5 Å². The number of halogens is 8. The van der Waals surface area contributed by atoms with Gasteiger partial charge in [0.05, 0.1) is 10.7 Å². The number of hydrogen-bond acceptors (Lipinski definition) is 4. The van der Waals surface area contributed by atoms with E-state index in [1.54, 1.807) is 5.32 Å². The number of alkyl halides is 6. The first-order valence-electron chi connectivity index (χ1n) is 8.25. The highest BCUT2D eigenvalue weighted by Gasteiger charge is 2.37. The maximum Gasteiger partial charge on any atom is 0.445 e. The summed E-state index contributed by atoms with van der Waals surface area (Å²) in [5.41, 5.74) is -0.0755. The quantitative estimate of drug-likeness (QED) is 0.399. The highest BCUT2D eigenvalue weighted by atomic mass is 35.5. The van der Waals surface area contributed by atoms with Crippen LogP contribution in [0.2, 0.25) is 5.02 Å². The lowest BCUT2D eigenvalue weighted by atomic mass is 10.1. The molecular formula is C17H10ClF7N4OS. The van der Waals surface area contributed by atoms with Crippen LogP contribution in [-0.2, 0) is 11.0 Å². The van der Waals surface area contributed by atoms with E-state index in [2.05, 4.69) is 10.1 Å². The molecule has 1 unspecified atom stereocenters. The summed E-state index contributed by atoms with van der Waals surface area (Å²) in [6, 6.07) is 1.05. The van der Waals surface area contributed by atoms with Crippen LogP contribution in [0.25, 0.3) is 22.3 Å². The third-order valence-electron chi connectivity index (χ3n) is 3.91. The van der Waals surface area contributed by atoms with Gasteiger partial charge < -0.3 is 5.32 Å². The zero-order valence-electron chi connectivity index (χ0n) is 15.1. The minimum atomic E-state index is -4.76. The molecule has 3 aromatic rings. The van der Waals surface area contributed by atoms with Crippen LogP contribution in [0.3, 0.4) is 0 Å². The van der Waals surface area contributed by atoms with Crippen molar-refractivity contribution >= 4 is 39.9 Å². The van der Waals surface area contributed by atoms with E-state index in [9.17, 15) is 35.5 Å². The van der Waals surface area contributed by atoms with Gasteiger partial charge >= 0.3 is 12.4 Å². The number of hydrogen-bond donors (Lipinski definition) is 1. The van der Waals surface area contributed by atoms with E-state index in [1.165, 1.54) is 6.07 Å². The predicted molar refractivity (Wildman–Crippen MR) is 99.0 cm³/mol. The topological polar surface area (TPSA) is 59.3 Å². The number of carbonyl (C=O) groups is 1. The van der Waals surface area contributed by atoms with Crippen molar-refractivity contribution in [2.24, 2.45) is 0 Å². The average molecular weight is 487 g/mol. The third kappa shape index (κ3) is 4.98. The number of nitrogens with one attached hydrogen (secondary N) is 1. The lowest BCUT2D eigenvalue weighted by Crippen LogP contribution is -2.42. The van der Waals surface area contributed by atoms with E-state index in [4.69, 9.17) is 11.6 Å². The molecule has 2 aromatic heterocycles. The molecule has 2 heterocycles. The fraction of sp³-hybridized carbons (Fsp3) is 0.235. The van der Waals surface area contributed by atoms with Crippen molar-refractivity contribution in [2.75, 3.05) is 0 Å². The Bertz CT molecular complexity index is 1170. The molecule has 0 saturated heterocycles. The molecule has 0 bridgehead atoms. The van der Waals surface area contributed by atoms with Gasteiger partial charge in [-0.2, -0.15) is 26.3 Å². The lowest BCUT2D eigenvalue weighted by Gasteiger charge is -2.15. The molecule has 3 rings (SSSR count). The number of benzene rings is 1. The van der Waals surface area contributed by atoms with Crippen molar-refractivity contribution in [1.82, 2.24) is 19.9 Å². The number of rotatable bonds is 4. The zero-order chi connectivity index (χ0) is 23.1. The van der Waals surface area contributed by atoms with E-state index in [0.717, 1.165) is 29.6 Å². The van der Waals surface area contributed by atoms with E-state index in [-0.39, 0.29) is 38.3 Å². The van der Waals surface area contributed by atoms with Gasteiger partial charge in [-0.1, -0.05) is 22.9 Å². The summed E-state index contributed by atoms with van der Waals surface area (Å²) in [6.07, 6.45) is -7.80. The summed E-state index contributed by atoms with van der Waals surface area (Å²) >= 11 is 6.21. The molecule has 0 aliphatic rings. The third-order valence-corrected chi connectivity index (χ3v) is 5.18. The first-order valence-corrected chi connectivity index (χ1v) is 9.44. The van der Waals surface area contributed by atoms with Crippen LogP contribution in [0.1, 0.15) is 17.6 Å². The molecule has 5 nitrogen and oxygen atoms in total. The summed E-state index contributed by atoms with van der Waals surface area (Å²) in [4.78, 5) is 15.7. The Morgan fingerprint density at radius 2 is 1.94 bits per heavy atom. The second-order valence-electron chi connectivity index (χ2n) is 6.17. The molecule has 1 aromatic carbocycles. The zero-order valence-corrected chi connectivity index (χ0v) is 16.7. The second-order valence-corrected chi connectivity index (χ2v) is 7.54. The molecule has 0 fully saturated rings. The lowest BCUT2D eigenvalue weighted by molar-refractivity contribution is -0.156. The van der Waals surface area contributed by atoms with E-state index in [0.29, 0.717) is 6.08 Å². The Morgan fingerprint density at radius 1 is 1.26 bits per heavy atom. The Hall–Kier alpha value is -2.67. The van der Waals surface area contributed by atoms with Crippen LogP contribution in [0.5, 0.6) is 0 Å². The van der Waals surface area contributed by atoms with Gasteiger partial charge in [-0.25, -0.2) is 13.9 Å². The van der Waals surface area contributed by atoms with Crippen molar-refractivity contribution in [2.45, 2.75) is 25.3 Å². The maximum absolute atomic E-state index is 13.4. The Kier molecular flexibility index (Phi) is 6.02. The summed E-state index contributed by atoms with van der Waals surface area (Å²) in [6.45, 7) is 0.725. The average Bonchev–Trinajstić information content (AvgIpc) is 3.17. The summed E-state index contributed by atoms with van der Waals surface area (Å²) < 4.78 is 90.9. The van der Waals surface area contributed by atoms with Gasteiger partial charge in [0.25, 0.3) is 0 Å². The van der Waals surface area contributed by atoms with Gasteiger partial charge in [0, 0.05) is 11.6 Å². The highest BCUT2D eigenvalue weighted by Crippen LogP contribution is 2.37. The highest BCUT2D eigenvalue weighted by molar-refractivity contribution is 7.16. The van der Waals surface area contributed by atoms with E-state index in [1.807, 2.05) is 0 Å². The van der Waals surface area contributed by atoms with Crippen LogP contribution in [0.15, 0.2) is 24.3 Å². The minimum Gasteiger partial charge on any atom is -0.341 e. The SMILES string of the molecule is CC(NC(=O)/C=C/c1c(-c2ccc(F)cc2Cl)nc2sc(C(F)(F)F)nn12)C(F)(F)F. The van der Waals surface area contributed by atoms with Crippen LogP contribution in [0, 0.1) is 5.82 Å². The summed E-state index contributed by atoms with van der Waals surface area (Å²) in [7, 11) is 0. The van der Waals surface area contributed by atoms with Gasteiger partial charge in [-0.15, -0.1) is 5.10 Å². The van der Waals surface area contributed by atoms with Crippen LogP contribution < -0.4 is 5.32 Å². The van der Waals surface area contributed by atoms with Crippen molar-refractivity contribution in [3.05, 3.63) is 45.8 Å². The number of imidazole rings is 1. The molecule has 1 amide bonds. The molecule has 1 atom stereocenters. The molecule has 0 spiro atoms. The fourth-order valence-corrected chi connectivity index (χ4v) is 3.44. The fourth-order valence-electron chi connectivity index (χ4n) is 2.41. The first kappa shape index (κ1) is 23.0. The Labute approximate surface area is 178 Å². The van der Waals surface area contributed by atoms with E-state index < -0.39 is 35.1 Å². The summed E-state index contributed by atoms with van der Waals surface area (Å²) in [5.74, 6) is -1.83. The monoisotopic (exact) mass is 486 g/mol. The minimum absolute atomic E-state index is 0.0367. The molecule has 0 aliphatic carbocycles. The second kappa shape index (κ2) is 8.11. The van der Waals surface area contributed by atoms with Crippen molar-refractivity contribution in [3.8, 4) is 11.3 Å². The van der Waals surface area contributed by atoms with Crippen molar-refractivity contribution in [3.63, 3.8) is 0 Å². The standard InChI is InChI=1S/C17H10ClF7N4OS/c1-7(16(20,21)22)26-12(30)5-4-11-13(9-3-2-8(19)6-10(9)18)27-15-29(11)28-14(31-15)17(23,24)25/h2-7H,1H3,(H,26,30)/b5-4+. The van der Waals surface area contributed by atoms with Crippen LogP contribution in [0.4, 0.5) is 30.7 Å². The summed E-state index contributed by atoms with van der Waals surface area (Å²) in [5, 5.41) is 3.76. The molecule has 0 radical (unpaired) electrons.